The third-order valence-electron chi connectivity index (χ3n) is 10.6. The fourth-order valence-electron chi connectivity index (χ4n) is 7.43. The number of carbonyl (C=O) groups is 2. The number of hydrogen-bond donors (Lipinski definition) is 4. The number of anilines is 1. The van der Waals surface area contributed by atoms with E-state index in [0.717, 1.165) is 87.3 Å². The van der Waals surface area contributed by atoms with E-state index in [2.05, 4.69) is 76.6 Å². The Kier molecular flexibility index (Phi) is 18.6. The van der Waals surface area contributed by atoms with Crippen molar-refractivity contribution in [2.24, 2.45) is 5.92 Å². The van der Waals surface area contributed by atoms with Crippen molar-refractivity contribution in [2.75, 3.05) is 97.1 Å². The molecule has 5 rings (SSSR count). The van der Waals surface area contributed by atoms with Crippen molar-refractivity contribution in [3.63, 3.8) is 0 Å². The van der Waals surface area contributed by atoms with Gasteiger partial charge in [0.25, 0.3) is 0 Å². The SMILES string of the molecule is CN1CCC(c2ccccc2)(c2cc(CCOCCC=O)ccc2O)CC1.CNc1c(O)ccc(CCNCCN(C)CC2CCSCC2)c1OCC=O. The molecule has 3 aromatic carbocycles. The van der Waals surface area contributed by atoms with Crippen LogP contribution in [0.3, 0.4) is 0 Å². The topological polar surface area (TPSA) is 124 Å². The molecule has 2 aliphatic heterocycles. The van der Waals surface area contributed by atoms with Gasteiger partial charge in [0.2, 0.25) is 0 Å². The van der Waals surface area contributed by atoms with Gasteiger partial charge in [-0.2, -0.15) is 11.8 Å². The Labute approximate surface area is 327 Å². The molecule has 2 heterocycles. The summed E-state index contributed by atoms with van der Waals surface area (Å²) < 4.78 is 11.1. The van der Waals surface area contributed by atoms with Gasteiger partial charge >= 0.3 is 0 Å². The number of nitrogens with one attached hydrogen (secondary N) is 2. The monoisotopic (exact) mass is 762 g/mol. The highest BCUT2D eigenvalue weighted by molar-refractivity contribution is 7.99. The highest BCUT2D eigenvalue weighted by Gasteiger charge is 2.39. The van der Waals surface area contributed by atoms with Gasteiger partial charge in [-0.15, -0.1) is 0 Å². The molecule has 3 aromatic rings. The van der Waals surface area contributed by atoms with Gasteiger partial charge in [-0.05, 0) is 119 Å². The quantitative estimate of drug-likeness (QED) is 0.0638. The van der Waals surface area contributed by atoms with Crippen LogP contribution in [0.25, 0.3) is 0 Å². The number of carbonyl (C=O) groups excluding carboxylic acids is 2. The lowest BCUT2D eigenvalue weighted by molar-refractivity contribution is -0.110. The first-order chi connectivity index (χ1) is 26.3. The minimum atomic E-state index is -0.160. The Morgan fingerprint density at radius 2 is 1.69 bits per heavy atom. The summed E-state index contributed by atoms with van der Waals surface area (Å²) in [6.45, 7) is 7.03. The highest BCUT2D eigenvalue weighted by Crippen LogP contribution is 2.45. The number of phenols is 2. The minimum absolute atomic E-state index is 0.0248. The first-order valence-electron chi connectivity index (χ1n) is 19.4. The fourth-order valence-corrected chi connectivity index (χ4v) is 8.64. The maximum Gasteiger partial charge on any atom is 0.157 e. The van der Waals surface area contributed by atoms with Crippen molar-refractivity contribution >= 4 is 30.0 Å². The molecule has 296 valence electrons. The molecular formula is C43H62N4O6S. The average Bonchev–Trinajstić information content (AvgIpc) is 3.19. The zero-order valence-electron chi connectivity index (χ0n) is 32.6. The van der Waals surface area contributed by atoms with E-state index in [1.807, 2.05) is 24.3 Å². The van der Waals surface area contributed by atoms with Crippen LogP contribution < -0.4 is 15.4 Å². The van der Waals surface area contributed by atoms with Crippen LogP contribution in [-0.4, -0.2) is 124 Å². The van der Waals surface area contributed by atoms with E-state index in [-0.39, 0.29) is 17.8 Å². The molecule has 2 aliphatic rings. The molecule has 0 radical (unpaired) electrons. The van der Waals surface area contributed by atoms with Crippen LogP contribution in [0.15, 0.2) is 60.7 Å². The normalized spacial score (nSPS) is 16.0. The lowest BCUT2D eigenvalue weighted by atomic mass is 9.67. The van der Waals surface area contributed by atoms with Crippen LogP contribution in [0.4, 0.5) is 5.69 Å². The van der Waals surface area contributed by atoms with Gasteiger partial charge in [-0.1, -0.05) is 48.5 Å². The third kappa shape index (κ3) is 13.0. The average molecular weight is 763 g/mol. The molecule has 0 unspecified atom stereocenters. The summed E-state index contributed by atoms with van der Waals surface area (Å²) in [6.07, 6.45) is 8.24. The number of nitrogens with zero attached hydrogens (tertiary/aromatic N) is 2. The maximum absolute atomic E-state index is 10.7. The molecule has 0 spiro atoms. The van der Waals surface area contributed by atoms with Gasteiger partial charge in [0.15, 0.2) is 6.29 Å². The predicted octanol–water partition coefficient (Wildman–Crippen LogP) is 5.77. The molecule has 11 heteroatoms. The van der Waals surface area contributed by atoms with Crippen molar-refractivity contribution < 1.29 is 29.3 Å². The molecule has 2 fully saturated rings. The number of phenolic OH excluding ortho intramolecular Hbond substituents is 2. The first kappa shape index (κ1) is 43.1. The van der Waals surface area contributed by atoms with E-state index >= 15 is 0 Å². The van der Waals surface area contributed by atoms with Crippen LogP contribution >= 0.6 is 11.8 Å². The fraction of sp³-hybridized carbons (Fsp3) is 0.535. The summed E-state index contributed by atoms with van der Waals surface area (Å²) in [4.78, 5) is 25.8. The second-order valence-electron chi connectivity index (χ2n) is 14.4. The minimum Gasteiger partial charge on any atom is -0.508 e. The maximum atomic E-state index is 10.7. The number of rotatable bonds is 20. The summed E-state index contributed by atoms with van der Waals surface area (Å²) in [7, 11) is 6.08. The molecule has 4 N–H and O–H groups in total. The molecule has 0 atom stereocenters. The van der Waals surface area contributed by atoms with E-state index in [1.54, 1.807) is 13.1 Å². The molecule has 54 heavy (non-hydrogen) atoms. The van der Waals surface area contributed by atoms with Gasteiger partial charge < -0.3 is 44.9 Å². The number of thioether (sulfide) groups is 1. The lowest BCUT2D eigenvalue weighted by Crippen LogP contribution is -2.41. The zero-order valence-corrected chi connectivity index (χ0v) is 33.4. The van der Waals surface area contributed by atoms with E-state index in [1.165, 1.54) is 36.5 Å². The Balaban J connectivity index is 0.000000241. The molecule has 0 aromatic heterocycles. The largest absolute Gasteiger partial charge is 0.508 e. The summed E-state index contributed by atoms with van der Waals surface area (Å²) >= 11 is 2.08. The van der Waals surface area contributed by atoms with Crippen molar-refractivity contribution in [1.82, 2.24) is 15.1 Å². The van der Waals surface area contributed by atoms with Crippen molar-refractivity contribution in [2.45, 2.75) is 50.4 Å². The number of likely N-dealkylation sites (N-methyl/N-ethyl adjacent to an activating group) is 1. The summed E-state index contributed by atoms with van der Waals surface area (Å²) in [5.41, 5.74) is 4.79. The number of aromatic hydroxyl groups is 2. The number of ether oxygens (including phenoxy) is 2. The van der Waals surface area contributed by atoms with E-state index < -0.39 is 0 Å². The molecule has 0 bridgehead atoms. The van der Waals surface area contributed by atoms with Crippen LogP contribution in [0.2, 0.25) is 0 Å². The van der Waals surface area contributed by atoms with E-state index in [4.69, 9.17) is 9.47 Å². The van der Waals surface area contributed by atoms with Gasteiger partial charge in [-0.3, -0.25) is 4.79 Å². The van der Waals surface area contributed by atoms with Gasteiger partial charge in [-0.25, -0.2) is 0 Å². The van der Waals surface area contributed by atoms with E-state index in [0.29, 0.717) is 43.1 Å². The molecule has 10 nitrogen and oxygen atoms in total. The Morgan fingerprint density at radius 1 is 0.944 bits per heavy atom. The molecule has 2 saturated heterocycles. The smallest absolute Gasteiger partial charge is 0.157 e. The van der Waals surface area contributed by atoms with Gasteiger partial charge in [0.1, 0.15) is 35.8 Å². The zero-order chi connectivity index (χ0) is 38.6. The molecular weight excluding hydrogens is 701 g/mol. The van der Waals surface area contributed by atoms with Crippen molar-refractivity contribution in [3.05, 3.63) is 82.9 Å². The Morgan fingerprint density at radius 3 is 2.39 bits per heavy atom. The molecule has 0 saturated carbocycles. The number of benzene rings is 3. The standard InChI is InChI=1S/C23H29NO3.C20H33N3O3S/c1-24-13-11-23(12-14-24,20-6-3-2-4-7-20)21-18-19(8-9-22(21)26)10-17-27-16-5-15-25;1-21-19-18(25)4-3-17(20(19)26-12-11-24)5-8-22-9-10-23(2)15-16-6-13-27-14-7-16/h2-4,6-9,15,18,26H,5,10-14,16-17H2,1H3;3-4,11,16,21-22,25H,5-10,12-15H2,1-2H3. The summed E-state index contributed by atoms with van der Waals surface area (Å²) in [6, 6.07) is 20.0. The second kappa shape index (κ2) is 23.3. The summed E-state index contributed by atoms with van der Waals surface area (Å²) in [5.74, 6) is 4.52. The summed E-state index contributed by atoms with van der Waals surface area (Å²) in [5, 5.41) is 27.1. The third-order valence-corrected chi connectivity index (χ3v) is 11.6. The van der Waals surface area contributed by atoms with Crippen molar-refractivity contribution in [3.8, 4) is 17.2 Å². The van der Waals surface area contributed by atoms with E-state index in [9.17, 15) is 19.8 Å². The van der Waals surface area contributed by atoms with Crippen molar-refractivity contribution in [1.29, 1.82) is 0 Å². The highest BCUT2D eigenvalue weighted by atomic mass is 32.2. The van der Waals surface area contributed by atoms with Crippen LogP contribution in [0.5, 0.6) is 17.2 Å². The molecule has 0 aliphatic carbocycles. The lowest BCUT2D eigenvalue weighted by Gasteiger charge is -2.42. The number of aldehydes is 2. The predicted molar refractivity (Wildman–Crippen MR) is 221 cm³/mol. The second-order valence-corrected chi connectivity index (χ2v) is 15.6. The number of piperidine rings is 1. The number of hydrogen-bond acceptors (Lipinski definition) is 11. The first-order valence-corrected chi connectivity index (χ1v) is 20.6. The van der Waals surface area contributed by atoms with Gasteiger partial charge in [0.05, 0.1) is 13.2 Å². The Bertz CT molecular complexity index is 1550. The Hall–Kier alpha value is -3.61. The van der Waals surface area contributed by atoms with Gasteiger partial charge in [0, 0.05) is 44.1 Å². The van der Waals surface area contributed by atoms with Crippen LogP contribution in [0, 0.1) is 5.92 Å². The number of likely N-dealkylation sites (tertiary alicyclic amines) is 1. The molecule has 0 amide bonds. The van der Waals surface area contributed by atoms with Crippen LogP contribution in [0.1, 0.15) is 54.4 Å². The van der Waals surface area contributed by atoms with Crippen LogP contribution in [-0.2, 0) is 32.6 Å².